The maximum Gasteiger partial charge on any atom is 0.340 e. The molecule has 0 spiro atoms. The van der Waals surface area contributed by atoms with Gasteiger partial charge in [0.15, 0.2) is 0 Å². The average Bonchev–Trinajstić information content (AvgIpc) is 2.72. The Bertz CT molecular complexity index is 548. The van der Waals surface area contributed by atoms with Crippen molar-refractivity contribution in [2.75, 3.05) is 6.61 Å². The molecular weight excluding hydrogens is 272 g/mol. The number of rotatable bonds is 3. The molecule has 0 fully saturated rings. The summed E-state index contributed by atoms with van der Waals surface area (Å²) in [5.41, 5.74) is 1.84. The number of hydrogen-bond acceptors (Lipinski definition) is 3. The highest BCUT2D eigenvalue weighted by molar-refractivity contribution is 9.10. The van der Waals surface area contributed by atoms with Crippen molar-refractivity contribution >= 4 is 32.9 Å². The van der Waals surface area contributed by atoms with Crippen molar-refractivity contribution in [3.63, 3.8) is 0 Å². The normalized spacial score (nSPS) is 10.3. The van der Waals surface area contributed by atoms with E-state index >= 15 is 0 Å². The SMILES string of the molecule is C=CCOC(=O)c1cc(Br)cc2[nH]cnc12. The van der Waals surface area contributed by atoms with Crippen molar-refractivity contribution < 1.29 is 9.53 Å². The Kier molecular flexibility index (Phi) is 3.05. The van der Waals surface area contributed by atoms with Crippen LogP contribution < -0.4 is 0 Å². The number of nitrogens with zero attached hydrogens (tertiary/aromatic N) is 1. The van der Waals surface area contributed by atoms with Gasteiger partial charge in [0.25, 0.3) is 0 Å². The second-order valence-corrected chi connectivity index (χ2v) is 4.05. The molecule has 82 valence electrons. The lowest BCUT2D eigenvalue weighted by atomic mass is 10.2. The van der Waals surface area contributed by atoms with E-state index in [-0.39, 0.29) is 6.61 Å². The zero-order valence-electron chi connectivity index (χ0n) is 8.37. The fraction of sp³-hybridized carbons (Fsp3) is 0.0909. The lowest BCUT2D eigenvalue weighted by Crippen LogP contribution is -2.05. The van der Waals surface area contributed by atoms with Gasteiger partial charge in [-0.25, -0.2) is 9.78 Å². The minimum atomic E-state index is -0.404. The molecule has 0 amide bonds. The Morgan fingerprint density at radius 3 is 3.19 bits per heavy atom. The summed E-state index contributed by atoms with van der Waals surface area (Å²) in [6.07, 6.45) is 3.07. The number of carbonyl (C=O) groups excluding carboxylic acids is 1. The molecule has 1 aromatic heterocycles. The quantitative estimate of drug-likeness (QED) is 0.695. The van der Waals surface area contributed by atoms with E-state index in [9.17, 15) is 4.79 Å². The maximum atomic E-state index is 11.7. The van der Waals surface area contributed by atoms with E-state index in [4.69, 9.17) is 4.74 Å². The molecule has 0 radical (unpaired) electrons. The topological polar surface area (TPSA) is 55.0 Å². The predicted molar refractivity (Wildman–Crippen MR) is 64.3 cm³/mol. The van der Waals surface area contributed by atoms with Crippen LogP contribution in [0, 0.1) is 0 Å². The lowest BCUT2D eigenvalue weighted by Gasteiger charge is -2.03. The van der Waals surface area contributed by atoms with Gasteiger partial charge in [-0.2, -0.15) is 0 Å². The zero-order chi connectivity index (χ0) is 11.5. The van der Waals surface area contributed by atoms with E-state index < -0.39 is 5.97 Å². The molecule has 1 heterocycles. The van der Waals surface area contributed by atoms with Crippen molar-refractivity contribution in [3.05, 3.63) is 41.2 Å². The highest BCUT2D eigenvalue weighted by atomic mass is 79.9. The van der Waals surface area contributed by atoms with Gasteiger partial charge in [-0.3, -0.25) is 0 Å². The molecule has 0 unspecified atom stereocenters. The molecule has 16 heavy (non-hydrogen) atoms. The number of aromatic amines is 1. The third-order valence-corrected chi connectivity index (χ3v) is 2.50. The minimum Gasteiger partial charge on any atom is -0.458 e. The molecule has 2 rings (SSSR count). The standard InChI is InChI=1S/C11H9BrN2O2/c1-2-3-16-11(15)8-4-7(12)5-9-10(8)14-6-13-9/h2,4-6H,1,3H2,(H,13,14). The van der Waals surface area contributed by atoms with Crippen LogP contribution in [0.3, 0.4) is 0 Å². The van der Waals surface area contributed by atoms with Gasteiger partial charge >= 0.3 is 5.97 Å². The second kappa shape index (κ2) is 4.49. The highest BCUT2D eigenvalue weighted by Crippen LogP contribution is 2.22. The van der Waals surface area contributed by atoms with E-state index in [0.29, 0.717) is 11.1 Å². The molecule has 0 atom stereocenters. The van der Waals surface area contributed by atoms with Crippen LogP contribution in [-0.4, -0.2) is 22.5 Å². The van der Waals surface area contributed by atoms with Crippen molar-refractivity contribution in [3.8, 4) is 0 Å². The maximum absolute atomic E-state index is 11.7. The molecule has 4 nitrogen and oxygen atoms in total. The van der Waals surface area contributed by atoms with Gasteiger partial charge in [0, 0.05) is 4.47 Å². The third-order valence-electron chi connectivity index (χ3n) is 2.04. The van der Waals surface area contributed by atoms with Gasteiger partial charge in [0.1, 0.15) is 12.1 Å². The predicted octanol–water partition coefficient (Wildman–Crippen LogP) is 2.67. The van der Waals surface area contributed by atoms with Crippen LogP contribution in [0.4, 0.5) is 0 Å². The first-order chi connectivity index (χ1) is 7.72. The molecule has 5 heteroatoms. The largest absolute Gasteiger partial charge is 0.458 e. The van der Waals surface area contributed by atoms with Crippen LogP contribution in [-0.2, 0) is 4.74 Å². The number of nitrogens with one attached hydrogen (secondary N) is 1. The number of fused-ring (bicyclic) bond motifs is 1. The molecule has 0 aliphatic carbocycles. The van der Waals surface area contributed by atoms with Gasteiger partial charge in [0.05, 0.1) is 17.4 Å². The Balaban J connectivity index is 2.45. The van der Waals surface area contributed by atoms with Crippen LogP contribution in [0.2, 0.25) is 0 Å². The lowest BCUT2D eigenvalue weighted by molar-refractivity contribution is 0.0552. The summed E-state index contributed by atoms with van der Waals surface area (Å²) in [4.78, 5) is 18.8. The first-order valence-electron chi connectivity index (χ1n) is 4.63. The van der Waals surface area contributed by atoms with E-state index in [1.54, 1.807) is 12.4 Å². The van der Waals surface area contributed by atoms with Crippen molar-refractivity contribution in [2.45, 2.75) is 0 Å². The van der Waals surface area contributed by atoms with Crippen molar-refractivity contribution in [2.24, 2.45) is 0 Å². The fourth-order valence-electron chi connectivity index (χ4n) is 1.38. The molecule has 0 saturated carbocycles. The molecule has 1 aromatic carbocycles. The molecule has 0 saturated heterocycles. The number of halogens is 1. The van der Waals surface area contributed by atoms with Crippen LogP contribution in [0.15, 0.2) is 35.6 Å². The van der Waals surface area contributed by atoms with Gasteiger partial charge in [0.2, 0.25) is 0 Å². The van der Waals surface area contributed by atoms with E-state index in [1.165, 1.54) is 6.08 Å². The Labute approximate surface area is 100 Å². The third kappa shape index (κ3) is 1.99. The Hall–Kier alpha value is -1.62. The summed E-state index contributed by atoms with van der Waals surface area (Å²) in [5.74, 6) is -0.404. The van der Waals surface area contributed by atoms with E-state index in [1.807, 2.05) is 6.07 Å². The molecule has 2 aromatic rings. The van der Waals surface area contributed by atoms with Crippen LogP contribution in [0.1, 0.15) is 10.4 Å². The van der Waals surface area contributed by atoms with Crippen LogP contribution in [0.5, 0.6) is 0 Å². The van der Waals surface area contributed by atoms with E-state index in [2.05, 4.69) is 32.5 Å². The van der Waals surface area contributed by atoms with Crippen molar-refractivity contribution in [1.29, 1.82) is 0 Å². The summed E-state index contributed by atoms with van der Waals surface area (Å²) < 4.78 is 5.78. The van der Waals surface area contributed by atoms with Gasteiger partial charge in [-0.15, -0.1) is 0 Å². The van der Waals surface area contributed by atoms with Crippen LogP contribution in [0.25, 0.3) is 11.0 Å². The molecule has 0 aliphatic heterocycles. The average molecular weight is 281 g/mol. The highest BCUT2D eigenvalue weighted by Gasteiger charge is 2.14. The monoisotopic (exact) mass is 280 g/mol. The number of aromatic nitrogens is 2. The summed E-state index contributed by atoms with van der Waals surface area (Å²) in [5, 5.41) is 0. The smallest absolute Gasteiger partial charge is 0.340 e. The number of carbonyl (C=O) groups is 1. The number of H-pyrrole nitrogens is 1. The van der Waals surface area contributed by atoms with Crippen molar-refractivity contribution in [1.82, 2.24) is 9.97 Å². The zero-order valence-corrected chi connectivity index (χ0v) is 9.95. The molecular formula is C11H9BrN2O2. The molecule has 1 N–H and O–H groups in total. The summed E-state index contributed by atoms with van der Waals surface area (Å²) in [6, 6.07) is 3.54. The summed E-state index contributed by atoms with van der Waals surface area (Å²) >= 11 is 3.33. The first kappa shape index (κ1) is 10.9. The second-order valence-electron chi connectivity index (χ2n) is 3.14. The number of esters is 1. The molecule has 0 bridgehead atoms. The van der Waals surface area contributed by atoms with Crippen LogP contribution >= 0.6 is 15.9 Å². The van der Waals surface area contributed by atoms with Gasteiger partial charge in [-0.05, 0) is 12.1 Å². The first-order valence-corrected chi connectivity index (χ1v) is 5.42. The van der Waals surface area contributed by atoms with Gasteiger partial charge in [-0.1, -0.05) is 28.6 Å². The number of ether oxygens (including phenoxy) is 1. The van der Waals surface area contributed by atoms with E-state index in [0.717, 1.165) is 9.99 Å². The Morgan fingerprint density at radius 2 is 2.44 bits per heavy atom. The summed E-state index contributed by atoms with van der Waals surface area (Å²) in [6.45, 7) is 3.68. The summed E-state index contributed by atoms with van der Waals surface area (Å²) in [7, 11) is 0. The number of imidazole rings is 1. The van der Waals surface area contributed by atoms with Gasteiger partial charge < -0.3 is 9.72 Å². The fourth-order valence-corrected chi connectivity index (χ4v) is 1.84. The molecule has 0 aliphatic rings. The minimum absolute atomic E-state index is 0.192. The number of hydrogen-bond donors (Lipinski definition) is 1. The number of benzene rings is 1. The Morgan fingerprint density at radius 1 is 1.62 bits per heavy atom.